The molecule has 6 heteroatoms. The molecule has 1 rings (SSSR count). The van der Waals surface area contributed by atoms with Crippen molar-refractivity contribution in [2.24, 2.45) is 5.84 Å². The lowest BCUT2D eigenvalue weighted by Crippen LogP contribution is -2.11. The van der Waals surface area contributed by atoms with Crippen LogP contribution < -0.4 is 11.3 Å². The predicted octanol–water partition coefficient (Wildman–Crippen LogP) is 4.06. The monoisotopic (exact) mass is 362 g/mol. The highest BCUT2D eigenvalue weighted by molar-refractivity contribution is 14.1. The van der Waals surface area contributed by atoms with Crippen molar-refractivity contribution in [1.82, 2.24) is 0 Å². The Hall–Kier alpha value is -0.140. The van der Waals surface area contributed by atoms with Crippen LogP contribution in [0.15, 0.2) is 12.1 Å². The first-order chi connectivity index (χ1) is 6.97. The molecule has 0 saturated carbocycles. The molecule has 92 valence electrons. The van der Waals surface area contributed by atoms with E-state index in [9.17, 15) is 8.78 Å². The van der Waals surface area contributed by atoms with E-state index in [2.05, 4.69) is 5.43 Å². The van der Waals surface area contributed by atoms with E-state index in [0.29, 0.717) is 9.26 Å². The number of rotatable bonds is 3. The lowest BCUT2D eigenvalue weighted by atomic mass is 9.99. The lowest BCUT2D eigenvalue weighted by Gasteiger charge is -2.15. The second kappa shape index (κ2) is 6.56. The minimum atomic E-state index is -2.47. The molecule has 0 fully saturated rings. The maximum Gasteiger partial charge on any atom is 0.264 e. The Morgan fingerprint density at radius 1 is 1.25 bits per heavy atom. The Balaban J connectivity index is 0.00000225. The number of nitrogen functional groups attached to an aromatic ring is 1. The molecule has 0 aliphatic carbocycles. The van der Waals surface area contributed by atoms with Crippen LogP contribution in [0.2, 0.25) is 0 Å². The van der Waals surface area contributed by atoms with Crippen molar-refractivity contribution in [3.05, 3.63) is 26.8 Å². The van der Waals surface area contributed by atoms with Crippen LogP contribution in [0.5, 0.6) is 0 Å². The van der Waals surface area contributed by atoms with E-state index in [1.165, 1.54) is 6.07 Å². The van der Waals surface area contributed by atoms with Gasteiger partial charge in [0.05, 0.1) is 5.69 Å². The zero-order chi connectivity index (χ0) is 11.6. The summed E-state index contributed by atoms with van der Waals surface area (Å²) in [5.41, 5.74) is 4.00. The van der Waals surface area contributed by atoms with E-state index in [1.54, 1.807) is 6.07 Å². The van der Waals surface area contributed by atoms with Crippen LogP contribution in [-0.2, 0) is 0 Å². The molecule has 0 heterocycles. The van der Waals surface area contributed by atoms with Crippen LogP contribution >= 0.6 is 35.0 Å². The molecule has 0 unspecified atom stereocenters. The van der Waals surface area contributed by atoms with Crippen LogP contribution in [0, 0.1) is 3.57 Å². The average molecular weight is 363 g/mol. The molecule has 0 aliphatic heterocycles. The van der Waals surface area contributed by atoms with Crippen LogP contribution in [-0.4, -0.2) is 0 Å². The summed E-state index contributed by atoms with van der Waals surface area (Å²) in [5.74, 6) is 5.56. The minimum absolute atomic E-state index is 0. The summed E-state index contributed by atoms with van der Waals surface area (Å²) in [7, 11) is 0. The molecule has 1 aromatic rings. The number of benzene rings is 1. The molecule has 0 bridgehead atoms. The second-order valence-corrected chi connectivity index (χ2v) is 4.72. The van der Waals surface area contributed by atoms with Crippen molar-refractivity contribution < 1.29 is 8.78 Å². The standard InChI is InChI=1S/C10H13F2IN2.ClH/c1-5(2)6-3-8(13)7(10(11)12)4-9(6)15-14;/h3-5,10,15H,14H2,1-2H3;1H. The highest BCUT2D eigenvalue weighted by Gasteiger charge is 2.16. The van der Waals surface area contributed by atoms with E-state index >= 15 is 0 Å². The van der Waals surface area contributed by atoms with Gasteiger partial charge in [-0.3, -0.25) is 5.84 Å². The summed E-state index contributed by atoms with van der Waals surface area (Å²) in [6.07, 6.45) is -2.47. The quantitative estimate of drug-likeness (QED) is 0.483. The van der Waals surface area contributed by atoms with E-state index in [1.807, 2.05) is 36.4 Å². The molecule has 0 saturated heterocycles. The number of hydrogen-bond donors (Lipinski definition) is 2. The third-order valence-corrected chi connectivity index (χ3v) is 3.12. The first-order valence-corrected chi connectivity index (χ1v) is 5.63. The zero-order valence-corrected chi connectivity index (χ0v) is 11.9. The number of alkyl halides is 2. The van der Waals surface area contributed by atoms with Gasteiger partial charge in [-0.15, -0.1) is 12.4 Å². The van der Waals surface area contributed by atoms with Gasteiger partial charge in [0.25, 0.3) is 6.43 Å². The number of halogens is 4. The molecule has 2 nitrogen and oxygen atoms in total. The molecule has 0 spiro atoms. The van der Waals surface area contributed by atoms with Gasteiger partial charge in [-0.25, -0.2) is 8.78 Å². The Morgan fingerprint density at radius 2 is 1.81 bits per heavy atom. The van der Waals surface area contributed by atoms with Crippen molar-refractivity contribution in [3.8, 4) is 0 Å². The molecule has 0 radical (unpaired) electrons. The maximum absolute atomic E-state index is 12.6. The van der Waals surface area contributed by atoms with Gasteiger partial charge < -0.3 is 5.43 Å². The van der Waals surface area contributed by atoms with E-state index in [-0.39, 0.29) is 23.9 Å². The normalized spacial score (nSPS) is 10.5. The summed E-state index contributed by atoms with van der Waals surface area (Å²) in [4.78, 5) is 0. The SMILES string of the molecule is CC(C)c1cc(I)c(C(F)F)cc1NN.Cl. The summed E-state index contributed by atoms with van der Waals surface area (Å²) < 4.78 is 25.8. The predicted molar refractivity (Wildman–Crippen MR) is 73.3 cm³/mol. The molecular formula is C10H14ClF2IN2. The smallest absolute Gasteiger partial charge is 0.264 e. The van der Waals surface area contributed by atoms with Crippen molar-refractivity contribution in [2.75, 3.05) is 5.43 Å². The van der Waals surface area contributed by atoms with Gasteiger partial charge in [-0.05, 0) is 46.2 Å². The first kappa shape index (κ1) is 15.9. The van der Waals surface area contributed by atoms with Gasteiger partial charge in [0, 0.05) is 9.13 Å². The summed E-state index contributed by atoms with van der Waals surface area (Å²) >= 11 is 1.92. The molecular weight excluding hydrogens is 348 g/mol. The highest BCUT2D eigenvalue weighted by Crippen LogP contribution is 2.32. The summed E-state index contributed by atoms with van der Waals surface area (Å²) in [5, 5.41) is 0. The fraction of sp³-hybridized carbons (Fsp3) is 0.400. The van der Waals surface area contributed by atoms with Crippen molar-refractivity contribution >= 4 is 40.7 Å². The molecule has 0 amide bonds. The fourth-order valence-corrected chi connectivity index (χ4v) is 2.10. The Labute approximate surface area is 113 Å². The van der Waals surface area contributed by atoms with Gasteiger partial charge in [0.1, 0.15) is 0 Å². The number of nitrogens with two attached hydrogens (primary N) is 1. The van der Waals surface area contributed by atoms with Gasteiger partial charge in [-0.1, -0.05) is 13.8 Å². The molecule has 0 atom stereocenters. The highest BCUT2D eigenvalue weighted by atomic mass is 127. The van der Waals surface area contributed by atoms with Crippen molar-refractivity contribution in [1.29, 1.82) is 0 Å². The van der Waals surface area contributed by atoms with Crippen LogP contribution in [0.4, 0.5) is 14.5 Å². The molecule has 3 N–H and O–H groups in total. The number of anilines is 1. The summed E-state index contributed by atoms with van der Waals surface area (Å²) in [6, 6.07) is 3.17. The first-order valence-electron chi connectivity index (χ1n) is 4.55. The molecule has 0 aromatic heterocycles. The Morgan fingerprint density at radius 3 is 2.19 bits per heavy atom. The number of hydrogen-bond acceptors (Lipinski definition) is 2. The largest absolute Gasteiger partial charge is 0.324 e. The third-order valence-electron chi connectivity index (χ3n) is 2.18. The average Bonchev–Trinajstić information content (AvgIpc) is 2.16. The van der Waals surface area contributed by atoms with E-state index < -0.39 is 6.43 Å². The van der Waals surface area contributed by atoms with Gasteiger partial charge in [0.2, 0.25) is 0 Å². The van der Waals surface area contributed by atoms with Crippen molar-refractivity contribution in [3.63, 3.8) is 0 Å². The molecule has 16 heavy (non-hydrogen) atoms. The van der Waals surface area contributed by atoms with Crippen LogP contribution in [0.1, 0.15) is 37.3 Å². The second-order valence-electron chi connectivity index (χ2n) is 3.56. The van der Waals surface area contributed by atoms with Crippen LogP contribution in [0.25, 0.3) is 0 Å². The lowest BCUT2D eigenvalue weighted by molar-refractivity contribution is 0.150. The fourth-order valence-electron chi connectivity index (χ4n) is 1.38. The van der Waals surface area contributed by atoms with Crippen molar-refractivity contribution in [2.45, 2.75) is 26.2 Å². The number of nitrogens with one attached hydrogen (secondary N) is 1. The topological polar surface area (TPSA) is 38.0 Å². The van der Waals surface area contributed by atoms with Crippen LogP contribution in [0.3, 0.4) is 0 Å². The zero-order valence-electron chi connectivity index (χ0n) is 8.93. The maximum atomic E-state index is 12.6. The Bertz CT molecular complexity index is 359. The van der Waals surface area contributed by atoms with Gasteiger partial charge in [-0.2, -0.15) is 0 Å². The minimum Gasteiger partial charge on any atom is -0.324 e. The third kappa shape index (κ3) is 3.43. The Kier molecular flexibility index (Phi) is 6.50. The summed E-state index contributed by atoms with van der Waals surface area (Å²) in [6.45, 7) is 3.99. The van der Waals surface area contributed by atoms with E-state index in [0.717, 1.165) is 5.56 Å². The molecule has 0 aliphatic rings. The number of hydrazine groups is 1. The van der Waals surface area contributed by atoms with Gasteiger partial charge >= 0.3 is 0 Å². The van der Waals surface area contributed by atoms with E-state index in [4.69, 9.17) is 5.84 Å². The molecule has 1 aromatic carbocycles. The van der Waals surface area contributed by atoms with Gasteiger partial charge in [0.15, 0.2) is 0 Å².